The fourth-order valence-corrected chi connectivity index (χ4v) is 0.453. The fourth-order valence-electron chi connectivity index (χ4n) is 0.453. The van der Waals surface area contributed by atoms with Crippen LogP contribution >= 0.6 is 24.0 Å². The van der Waals surface area contributed by atoms with E-state index >= 15 is 0 Å². The lowest BCUT2D eigenvalue weighted by atomic mass is 10.3. The van der Waals surface area contributed by atoms with Crippen LogP contribution in [0.25, 0.3) is 0 Å². The second kappa shape index (κ2) is 9.34. The minimum Gasteiger partial charge on any atom is -0.399 e. The van der Waals surface area contributed by atoms with E-state index in [0.29, 0.717) is 0 Å². The molecule has 0 saturated heterocycles. The van der Waals surface area contributed by atoms with Gasteiger partial charge >= 0.3 is 0 Å². The van der Waals surface area contributed by atoms with Crippen molar-refractivity contribution in [2.24, 2.45) is 0 Å². The van der Waals surface area contributed by atoms with Gasteiger partial charge in [0.1, 0.15) is 0 Å². The molecule has 62 valence electrons. The Bertz CT molecular complexity index is 175. The van der Waals surface area contributed by atoms with Crippen LogP contribution in [0, 0.1) is 0 Å². The number of para-hydroxylation sites is 1. The zero-order valence-electron chi connectivity index (χ0n) is 6.03. The molecule has 1 rings (SSSR count). The van der Waals surface area contributed by atoms with Crippen molar-refractivity contribution in [2.45, 2.75) is 0 Å². The largest absolute Gasteiger partial charge is 0.399 e. The maximum absolute atomic E-state index is 5.36. The van der Waals surface area contributed by atoms with Crippen LogP contribution in [0.3, 0.4) is 0 Å². The summed E-state index contributed by atoms with van der Waals surface area (Å²) in [5, 5.41) is 0. The molecule has 0 atom stereocenters. The molecule has 0 unspecified atom stereocenters. The van der Waals surface area contributed by atoms with Crippen LogP contribution in [-0.2, 0) is 0 Å². The van der Waals surface area contributed by atoms with Gasteiger partial charge in [-0.25, -0.2) is 0 Å². The molecule has 0 aliphatic heterocycles. The van der Waals surface area contributed by atoms with E-state index in [4.69, 9.17) is 17.3 Å². The average Bonchev–Trinajstić information content (AvgIpc) is 1.91. The van der Waals surface area contributed by atoms with E-state index in [-0.39, 0.29) is 12.4 Å². The summed E-state index contributed by atoms with van der Waals surface area (Å²) in [6.45, 7) is 3.13. The van der Waals surface area contributed by atoms with E-state index in [0.717, 1.165) is 5.69 Å². The molecule has 0 bridgehead atoms. The molecule has 0 saturated carbocycles. The fraction of sp³-hybridized carbons (Fsp3) is 0. The van der Waals surface area contributed by atoms with Crippen molar-refractivity contribution in [1.29, 1.82) is 0 Å². The third-order valence-electron chi connectivity index (χ3n) is 0.800. The maximum atomic E-state index is 5.36. The molecule has 0 aliphatic carbocycles. The van der Waals surface area contributed by atoms with Gasteiger partial charge in [-0.1, -0.05) is 36.4 Å². The predicted octanol–water partition coefficient (Wildman–Crippen LogP) is 3.06. The Kier molecular flexibility index (Phi) is 11.0. The highest BCUT2D eigenvalue weighted by molar-refractivity contribution is 6.25. The highest BCUT2D eigenvalue weighted by atomic mass is 35.5. The third kappa shape index (κ3) is 9.34. The summed E-state index contributed by atoms with van der Waals surface area (Å²) < 4.78 is 0. The number of anilines is 1. The van der Waals surface area contributed by atoms with Gasteiger partial charge in [-0.2, -0.15) is 0 Å². The van der Waals surface area contributed by atoms with Gasteiger partial charge < -0.3 is 5.73 Å². The Morgan fingerprint density at radius 3 is 1.82 bits per heavy atom. The molecule has 0 heterocycles. The number of rotatable bonds is 0. The number of hydrogen-bond donors (Lipinski definition) is 1. The van der Waals surface area contributed by atoms with Crippen LogP contribution in [-0.4, -0.2) is 0 Å². The minimum atomic E-state index is 0. The first-order valence-corrected chi connectivity index (χ1v) is 3.26. The summed E-state index contributed by atoms with van der Waals surface area (Å²) in [7, 11) is 0. The Labute approximate surface area is 78.3 Å². The SMILES string of the molecule is C=CCl.Cl.Nc1ccccc1. The van der Waals surface area contributed by atoms with Gasteiger partial charge in [-0.3, -0.25) is 0 Å². The van der Waals surface area contributed by atoms with Crippen molar-refractivity contribution in [3.63, 3.8) is 0 Å². The zero-order valence-corrected chi connectivity index (χ0v) is 7.61. The molecule has 0 aromatic heterocycles. The second-order valence-corrected chi connectivity index (χ2v) is 1.87. The van der Waals surface area contributed by atoms with Crippen LogP contribution in [0.15, 0.2) is 42.4 Å². The summed E-state index contributed by atoms with van der Waals surface area (Å²) in [6.07, 6.45) is 0. The third-order valence-corrected chi connectivity index (χ3v) is 0.800. The highest BCUT2D eigenvalue weighted by Gasteiger charge is 1.72. The Balaban J connectivity index is 0. The van der Waals surface area contributed by atoms with Crippen LogP contribution in [0.1, 0.15) is 0 Å². The molecule has 0 amide bonds. The van der Waals surface area contributed by atoms with Crippen LogP contribution in [0.5, 0.6) is 0 Å². The first kappa shape index (κ1) is 13.0. The first-order valence-electron chi connectivity index (χ1n) is 2.83. The van der Waals surface area contributed by atoms with Crippen LogP contribution < -0.4 is 5.73 Å². The van der Waals surface area contributed by atoms with Crippen LogP contribution in [0.4, 0.5) is 5.69 Å². The lowest BCUT2D eigenvalue weighted by Crippen LogP contribution is -1.79. The molecule has 0 spiro atoms. The van der Waals surface area contributed by atoms with E-state index in [9.17, 15) is 0 Å². The Morgan fingerprint density at radius 2 is 1.64 bits per heavy atom. The van der Waals surface area contributed by atoms with Crippen molar-refractivity contribution < 1.29 is 0 Å². The Morgan fingerprint density at radius 1 is 1.27 bits per heavy atom. The standard InChI is InChI=1S/C6H7N.C2H3Cl.ClH/c7-6-4-2-1-3-5-6;1-2-3;/h1-5H,7H2;2H,1H2;1H. The minimum absolute atomic E-state index is 0. The molecule has 3 heteroatoms. The molecule has 1 aromatic rings. The van der Waals surface area contributed by atoms with Crippen molar-refractivity contribution in [3.05, 3.63) is 42.4 Å². The second-order valence-electron chi connectivity index (χ2n) is 1.56. The number of halogens is 2. The molecule has 0 radical (unpaired) electrons. The van der Waals surface area contributed by atoms with Crippen molar-refractivity contribution in [1.82, 2.24) is 0 Å². The summed E-state index contributed by atoms with van der Waals surface area (Å²) in [5.41, 5.74) is 7.40. The number of benzene rings is 1. The van der Waals surface area contributed by atoms with Gasteiger partial charge in [0.05, 0.1) is 0 Å². The van der Waals surface area contributed by atoms with E-state index in [1.807, 2.05) is 30.3 Å². The van der Waals surface area contributed by atoms with E-state index < -0.39 is 0 Å². The Hall–Kier alpha value is -0.660. The van der Waals surface area contributed by atoms with Gasteiger partial charge in [-0.15, -0.1) is 12.4 Å². The lowest BCUT2D eigenvalue weighted by Gasteiger charge is -1.83. The average molecular weight is 192 g/mol. The maximum Gasteiger partial charge on any atom is 0.0313 e. The van der Waals surface area contributed by atoms with Gasteiger partial charge in [0.25, 0.3) is 0 Å². The van der Waals surface area contributed by atoms with Gasteiger partial charge in [0.15, 0.2) is 0 Å². The zero-order chi connectivity index (χ0) is 7.82. The molecule has 0 aliphatic rings. The molecule has 0 fully saturated rings. The molecular formula is C8H11Cl2N. The van der Waals surface area contributed by atoms with Crippen molar-refractivity contribution in [2.75, 3.05) is 5.73 Å². The predicted molar refractivity (Wildman–Crippen MR) is 54.2 cm³/mol. The first-order chi connectivity index (χ1) is 4.81. The number of hydrogen-bond acceptors (Lipinski definition) is 1. The molecule has 1 aromatic carbocycles. The smallest absolute Gasteiger partial charge is 0.0313 e. The topological polar surface area (TPSA) is 26.0 Å². The summed E-state index contributed by atoms with van der Waals surface area (Å²) in [5.74, 6) is 0. The monoisotopic (exact) mass is 191 g/mol. The van der Waals surface area contributed by atoms with Crippen molar-refractivity contribution in [3.8, 4) is 0 Å². The molecule has 11 heavy (non-hydrogen) atoms. The van der Waals surface area contributed by atoms with Gasteiger partial charge in [-0.05, 0) is 17.7 Å². The summed E-state index contributed by atoms with van der Waals surface area (Å²) in [6, 6.07) is 9.49. The van der Waals surface area contributed by atoms with Crippen molar-refractivity contribution >= 4 is 29.7 Å². The molecular weight excluding hydrogens is 181 g/mol. The summed E-state index contributed by atoms with van der Waals surface area (Å²) in [4.78, 5) is 0. The normalized spacial score (nSPS) is 6.64. The lowest BCUT2D eigenvalue weighted by molar-refractivity contribution is 1.69. The summed E-state index contributed by atoms with van der Waals surface area (Å²) >= 11 is 4.76. The number of nitrogens with two attached hydrogens (primary N) is 1. The molecule has 1 nitrogen and oxygen atoms in total. The van der Waals surface area contributed by atoms with Crippen LogP contribution in [0.2, 0.25) is 0 Å². The number of nitrogen functional groups attached to an aromatic ring is 1. The van der Waals surface area contributed by atoms with E-state index in [1.165, 1.54) is 5.54 Å². The quantitative estimate of drug-likeness (QED) is 0.628. The highest BCUT2D eigenvalue weighted by Crippen LogP contribution is 1.95. The molecule has 2 N–H and O–H groups in total. The van der Waals surface area contributed by atoms with E-state index in [1.54, 1.807) is 0 Å². The van der Waals surface area contributed by atoms with Gasteiger partial charge in [0, 0.05) is 5.69 Å². The van der Waals surface area contributed by atoms with Gasteiger partial charge in [0.2, 0.25) is 0 Å². The van der Waals surface area contributed by atoms with E-state index in [2.05, 4.69) is 6.58 Å².